The number of hydrogen-bond acceptors (Lipinski definition) is 4. The third-order valence-corrected chi connectivity index (χ3v) is 4.26. The lowest BCUT2D eigenvalue weighted by atomic mass is 10.1. The minimum absolute atomic E-state index is 0.0480. The van der Waals surface area contributed by atoms with Gasteiger partial charge in [0, 0.05) is 12.1 Å². The van der Waals surface area contributed by atoms with Crippen LogP contribution in [0.5, 0.6) is 0 Å². The number of aliphatic hydroxyl groups is 1. The molecule has 0 spiro atoms. The number of carboxylic acid groups (broad SMARTS) is 1. The first-order valence-electron chi connectivity index (χ1n) is 7.49. The zero-order chi connectivity index (χ0) is 18.2. The zero-order valence-corrected chi connectivity index (χ0v) is 14.1. The summed E-state index contributed by atoms with van der Waals surface area (Å²) in [6, 6.07) is 14.2. The van der Waals surface area contributed by atoms with E-state index in [1.54, 1.807) is 6.07 Å². The number of carbonyl (C=O) groups excluding carboxylic acids is 1. The van der Waals surface area contributed by atoms with Gasteiger partial charge in [-0.3, -0.25) is 4.79 Å². The largest absolute Gasteiger partial charge is 0.478 e. The first-order valence-corrected chi connectivity index (χ1v) is 8.94. The molecule has 2 unspecified atom stereocenters. The second-order valence-electron chi connectivity index (χ2n) is 5.27. The van der Waals surface area contributed by atoms with Crippen LogP contribution in [0, 0.1) is 0 Å². The Bertz CT molecular complexity index is 767. The van der Waals surface area contributed by atoms with Crippen LogP contribution in [0.3, 0.4) is 0 Å². The van der Waals surface area contributed by atoms with Crippen LogP contribution in [0.15, 0.2) is 54.6 Å². The highest BCUT2D eigenvalue weighted by molar-refractivity contribution is 7.42. The van der Waals surface area contributed by atoms with Crippen molar-refractivity contribution in [1.82, 2.24) is 5.09 Å². The molecule has 1 amide bonds. The number of carboxylic acids is 1. The number of amides is 1. The Morgan fingerprint density at radius 3 is 2.44 bits per heavy atom. The molecule has 0 aliphatic heterocycles. The summed E-state index contributed by atoms with van der Waals surface area (Å²) in [7, 11) is -2.14. The average molecular weight is 361 g/mol. The highest BCUT2D eigenvalue weighted by Gasteiger charge is 2.27. The summed E-state index contributed by atoms with van der Waals surface area (Å²) < 4.78 is 11.6. The molecule has 8 heteroatoms. The lowest BCUT2D eigenvalue weighted by molar-refractivity contribution is -0.117. The van der Waals surface area contributed by atoms with E-state index in [1.807, 2.05) is 30.3 Å². The second kappa shape index (κ2) is 9.03. The van der Waals surface area contributed by atoms with Gasteiger partial charge in [0.15, 0.2) is 0 Å². The molecular weight excluding hydrogens is 343 g/mol. The maximum Gasteiger partial charge on any atom is 0.461 e. The summed E-state index contributed by atoms with van der Waals surface area (Å²) in [6.07, 6.45) is -0.311. The van der Waals surface area contributed by atoms with Crippen LogP contribution in [0.25, 0.3) is 0 Å². The first-order chi connectivity index (χ1) is 12.0. The number of benzene rings is 2. The molecule has 4 N–H and O–H groups in total. The van der Waals surface area contributed by atoms with Crippen LogP contribution in [0.1, 0.15) is 15.9 Å². The van der Waals surface area contributed by atoms with E-state index in [0.717, 1.165) is 5.56 Å². The molecule has 7 nitrogen and oxygen atoms in total. The van der Waals surface area contributed by atoms with Crippen LogP contribution >= 0.6 is 7.95 Å². The summed E-state index contributed by atoms with van der Waals surface area (Å²) in [5.74, 6) is -1.57. The van der Waals surface area contributed by atoms with Crippen molar-refractivity contribution in [3.05, 3.63) is 65.7 Å². The van der Waals surface area contributed by atoms with Gasteiger partial charge in [-0.25, -0.2) is 4.79 Å². The van der Waals surface area contributed by atoms with Gasteiger partial charge in [0.25, 0.3) is 6.35 Å². The Kier molecular flexibility index (Phi) is 6.77. The number of aliphatic hydroxyl groups excluding tert-OH is 1. The fourth-order valence-electron chi connectivity index (χ4n) is 2.22. The van der Waals surface area contributed by atoms with Crippen molar-refractivity contribution in [3.63, 3.8) is 0 Å². The maximum atomic E-state index is 12.5. The summed E-state index contributed by atoms with van der Waals surface area (Å²) in [5, 5.41) is 23.2. The van der Waals surface area contributed by atoms with Gasteiger partial charge < -0.3 is 15.5 Å². The maximum absolute atomic E-state index is 12.5. The molecule has 2 rings (SSSR count). The zero-order valence-electron chi connectivity index (χ0n) is 13.3. The van der Waals surface area contributed by atoms with Crippen LogP contribution in [-0.2, 0) is 15.8 Å². The van der Waals surface area contributed by atoms with Crippen molar-refractivity contribution in [1.29, 1.82) is 0 Å². The minimum Gasteiger partial charge on any atom is -0.478 e. The standard InChI is InChI=1S/C17H17N2O5P/c20-11-25(24)19-15(9-12-5-2-1-3-6-12)16(21)18-14-8-4-7-13(10-14)17(22)23/h1-8,10,15,20H,9,11H2,(H2-,18,19,21,22,23,24)/p+1. The van der Waals surface area contributed by atoms with E-state index in [2.05, 4.69) is 10.4 Å². The molecule has 25 heavy (non-hydrogen) atoms. The molecule has 0 aromatic heterocycles. The van der Waals surface area contributed by atoms with Crippen LogP contribution < -0.4 is 10.4 Å². The van der Waals surface area contributed by atoms with E-state index < -0.39 is 32.2 Å². The number of rotatable bonds is 8. The smallest absolute Gasteiger partial charge is 0.461 e. The molecule has 130 valence electrons. The molecule has 0 aliphatic carbocycles. The van der Waals surface area contributed by atoms with Crippen molar-refractivity contribution in [3.8, 4) is 0 Å². The summed E-state index contributed by atoms with van der Waals surface area (Å²) in [6.45, 7) is 0. The van der Waals surface area contributed by atoms with Gasteiger partial charge in [-0.1, -0.05) is 41.5 Å². The quantitative estimate of drug-likeness (QED) is 0.536. The lowest BCUT2D eigenvalue weighted by Gasteiger charge is -2.14. The Balaban J connectivity index is 2.15. The SMILES string of the molecule is O=C(O)c1cccc(NC(=O)C(Cc2ccccc2)N[P+](=O)CO)c1. The van der Waals surface area contributed by atoms with Gasteiger partial charge in [0.1, 0.15) is 6.04 Å². The van der Waals surface area contributed by atoms with Crippen molar-refractivity contribution >= 4 is 25.5 Å². The molecule has 2 aromatic rings. The molecule has 0 saturated carbocycles. The lowest BCUT2D eigenvalue weighted by Crippen LogP contribution is -2.39. The Morgan fingerprint density at radius 1 is 1.08 bits per heavy atom. The van der Waals surface area contributed by atoms with Crippen LogP contribution in [0.2, 0.25) is 0 Å². The van der Waals surface area contributed by atoms with E-state index >= 15 is 0 Å². The predicted octanol–water partition coefficient (Wildman–Crippen LogP) is 2.22. The first kappa shape index (κ1) is 18.7. The van der Waals surface area contributed by atoms with Crippen molar-refractivity contribution in [2.75, 3.05) is 11.7 Å². The van der Waals surface area contributed by atoms with Gasteiger partial charge in [0.05, 0.1) is 5.56 Å². The number of anilines is 1. The van der Waals surface area contributed by atoms with Crippen LogP contribution in [0.4, 0.5) is 5.69 Å². The van der Waals surface area contributed by atoms with Crippen LogP contribution in [-0.4, -0.2) is 34.5 Å². The summed E-state index contributed by atoms with van der Waals surface area (Å²) >= 11 is 0. The summed E-state index contributed by atoms with van der Waals surface area (Å²) in [5.41, 5.74) is 1.23. The van der Waals surface area contributed by atoms with Crippen molar-refractivity contribution < 1.29 is 24.4 Å². The molecule has 0 radical (unpaired) electrons. The molecule has 2 aromatic carbocycles. The van der Waals surface area contributed by atoms with E-state index in [-0.39, 0.29) is 12.0 Å². The van der Waals surface area contributed by atoms with Gasteiger partial charge in [-0.2, -0.15) is 0 Å². The molecule has 0 fully saturated rings. The number of carbonyl (C=O) groups is 2. The monoisotopic (exact) mass is 361 g/mol. The van der Waals surface area contributed by atoms with Gasteiger partial charge in [-0.05, 0) is 28.3 Å². The average Bonchev–Trinajstić information content (AvgIpc) is 2.62. The second-order valence-corrected chi connectivity index (χ2v) is 6.56. The fraction of sp³-hybridized carbons (Fsp3) is 0.176. The molecule has 0 aliphatic rings. The van der Waals surface area contributed by atoms with Gasteiger partial charge >= 0.3 is 13.9 Å². The molecule has 0 saturated heterocycles. The number of hydrogen-bond donors (Lipinski definition) is 4. The van der Waals surface area contributed by atoms with Gasteiger partial charge in [0.2, 0.25) is 5.91 Å². The topological polar surface area (TPSA) is 116 Å². The Hall–Kier alpha value is -2.60. The summed E-state index contributed by atoms with van der Waals surface area (Å²) in [4.78, 5) is 23.5. The highest BCUT2D eigenvalue weighted by Crippen LogP contribution is 2.17. The minimum atomic E-state index is -2.14. The van der Waals surface area contributed by atoms with E-state index in [9.17, 15) is 14.2 Å². The van der Waals surface area contributed by atoms with E-state index in [4.69, 9.17) is 10.2 Å². The third-order valence-electron chi connectivity index (χ3n) is 3.40. The van der Waals surface area contributed by atoms with E-state index in [1.165, 1.54) is 18.2 Å². The van der Waals surface area contributed by atoms with Crippen molar-refractivity contribution in [2.45, 2.75) is 12.5 Å². The molecular formula is C17H18N2O5P+. The highest BCUT2D eigenvalue weighted by atomic mass is 31.1. The van der Waals surface area contributed by atoms with Crippen molar-refractivity contribution in [2.24, 2.45) is 0 Å². The Labute approximate surface area is 145 Å². The number of aromatic carboxylic acids is 1. The van der Waals surface area contributed by atoms with Gasteiger partial charge in [-0.15, -0.1) is 0 Å². The Morgan fingerprint density at radius 2 is 1.80 bits per heavy atom. The number of nitrogens with one attached hydrogen (secondary N) is 2. The molecule has 0 bridgehead atoms. The third kappa shape index (κ3) is 5.76. The fourth-order valence-corrected chi connectivity index (χ4v) is 2.86. The molecule has 2 atom stereocenters. The predicted molar refractivity (Wildman–Crippen MR) is 93.8 cm³/mol. The van der Waals surface area contributed by atoms with E-state index in [0.29, 0.717) is 5.69 Å². The normalized spacial score (nSPS) is 12.3. The molecule has 0 heterocycles.